The number of carbonyl (C=O) groups excluding carboxylic acids is 1. The van der Waals surface area contributed by atoms with Gasteiger partial charge >= 0.3 is 59.1 Å². The van der Waals surface area contributed by atoms with Gasteiger partial charge in [-0.15, -0.1) is 0 Å². The van der Waals surface area contributed by atoms with Crippen LogP contribution in [0, 0.1) is 5.82 Å². The van der Waals surface area contributed by atoms with Gasteiger partial charge in [0.05, 0.1) is 42.2 Å². The second kappa shape index (κ2) is 14.5. The summed E-state index contributed by atoms with van der Waals surface area (Å²) in [5.41, 5.74) is -2.01. The van der Waals surface area contributed by atoms with E-state index in [4.69, 9.17) is 25.8 Å². The summed E-state index contributed by atoms with van der Waals surface area (Å²) >= 11 is 0. The van der Waals surface area contributed by atoms with Crippen molar-refractivity contribution < 1.29 is 113 Å². The molecule has 0 unspecified atom stereocenters. The van der Waals surface area contributed by atoms with Crippen LogP contribution in [0.4, 0.5) is 33.5 Å². The molecule has 3 heterocycles. The van der Waals surface area contributed by atoms with E-state index in [0.717, 1.165) is 0 Å². The van der Waals surface area contributed by atoms with E-state index < -0.39 is 55.6 Å². The summed E-state index contributed by atoms with van der Waals surface area (Å²) in [6, 6.07) is 1.63. The number of methoxy groups -OCH3 is 3. The molecule has 0 atom stereocenters. The number of fused-ring (bicyclic) bond motifs is 1. The molecule has 0 spiro atoms. The number of nitrogens with one attached hydrogen (secondary N) is 2. The number of hydrogen-bond acceptors (Lipinski definition) is 14. The average molecular weight is 629 g/mol. The number of aromatic nitrogens is 3. The summed E-state index contributed by atoms with van der Waals surface area (Å²) < 4.78 is 92.4. The van der Waals surface area contributed by atoms with E-state index in [0.29, 0.717) is 0 Å². The number of benzene rings is 1. The molecule has 4 rings (SSSR count). The first kappa shape index (κ1) is 28.5. The first-order valence-corrected chi connectivity index (χ1v) is 12.5. The van der Waals surface area contributed by atoms with Gasteiger partial charge < -0.3 is 48.5 Å². The van der Waals surface area contributed by atoms with Crippen molar-refractivity contribution in [1.29, 1.82) is 0 Å². The van der Waals surface area contributed by atoms with Crippen molar-refractivity contribution in [3.05, 3.63) is 36.2 Å². The molecule has 0 saturated carbocycles. The summed E-state index contributed by atoms with van der Waals surface area (Å²) in [6.45, 7) is -1.05. The van der Waals surface area contributed by atoms with Gasteiger partial charge in [0.25, 0.3) is 5.91 Å². The monoisotopic (exact) mass is 629 g/mol. The van der Waals surface area contributed by atoms with Crippen LogP contribution in [0.1, 0.15) is 20.7 Å². The van der Waals surface area contributed by atoms with Crippen LogP contribution in [-0.2, 0) is 13.9 Å². The number of anilines is 5. The SMILES string of the molecule is [2H]c1nc(Nc2c([2H])c(OC)c(OC)c(OC)c2[2H])nc(Nc2ccc3c(n2)N(C([2H])([2H])OP(=O)([O-])[O-])C(=O)C(C)(C)O3)c1F.[Na+].[Na+]. The Morgan fingerprint density at radius 2 is 1.76 bits per heavy atom. The Kier molecular flexibility index (Phi) is 9.84. The molecule has 1 aromatic carbocycles. The second-order valence-electron chi connectivity index (χ2n) is 8.20. The molecule has 19 heteroatoms. The van der Waals surface area contributed by atoms with Gasteiger partial charge in [-0.1, -0.05) is 0 Å². The molecule has 0 bridgehead atoms. The standard InChI is InChI=1S/C23H26FN6O9P.2Na/c1-23(2)21(31)30(11-38-40(32,33)34)20-14(39-23)6-7-17(28-20)27-19-13(24)10-25-22(29-19)26-12-8-15(35-3)18(37-5)16(9-12)36-4;;/h6-10H,11H2,1-5H3,(H2,32,33,34)(H2,25,26,27,28,29);;/q;2*+1/p-2/i8D,9D,10D,11D2;;. The molecule has 1 amide bonds. The van der Waals surface area contributed by atoms with Gasteiger partial charge in [0, 0.05) is 17.8 Å². The molecule has 2 N–H and O–H groups in total. The van der Waals surface area contributed by atoms with Crippen LogP contribution in [-0.4, -0.2) is 54.5 Å². The minimum Gasteiger partial charge on any atom is -0.790 e. The topological polar surface area (TPSA) is 192 Å². The third-order valence-electron chi connectivity index (χ3n) is 5.05. The number of rotatable bonds is 10. The van der Waals surface area contributed by atoms with Crippen LogP contribution < -0.4 is 103 Å². The molecule has 214 valence electrons. The number of ether oxygens (including phenoxy) is 4. The minimum atomic E-state index is -5.97. The predicted octanol–water partition coefficient (Wildman–Crippen LogP) is -4.16. The molecule has 3 aromatic rings. The van der Waals surface area contributed by atoms with Crippen molar-refractivity contribution >= 4 is 42.8 Å². The predicted molar refractivity (Wildman–Crippen MR) is 135 cm³/mol. The molecular weight excluding hydrogens is 600 g/mol. The van der Waals surface area contributed by atoms with E-state index in [-0.39, 0.29) is 111 Å². The van der Waals surface area contributed by atoms with Crippen molar-refractivity contribution in [2.45, 2.75) is 19.4 Å². The maximum absolute atomic E-state index is 15.0. The summed E-state index contributed by atoms with van der Waals surface area (Å²) in [5.74, 6) is -5.06. The maximum atomic E-state index is 15.0. The summed E-state index contributed by atoms with van der Waals surface area (Å²) in [6.07, 6.45) is -0.938. The Bertz CT molecular complexity index is 1710. The van der Waals surface area contributed by atoms with Crippen molar-refractivity contribution in [1.82, 2.24) is 15.0 Å². The molecule has 0 saturated heterocycles. The fourth-order valence-corrected chi connectivity index (χ4v) is 3.50. The average Bonchev–Trinajstić information content (AvgIpc) is 2.92. The van der Waals surface area contributed by atoms with E-state index in [2.05, 4.69) is 30.1 Å². The third-order valence-corrected chi connectivity index (χ3v) is 5.35. The summed E-state index contributed by atoms with van der Waals surface area (Å²) in [7, 11) is -2.18. The number of hydrogen-bond donors (Lipinski definition) is 2. The fraction of sp³-hybridized carbons (Fsp3) is 0.304. The number of phosphoric acid groups is 1. The zero-order valence-electron chi connectivity index (χ0n) is 28.4. The quantitative estimate of drug-likeness (QED) is 0.162. The van der Waals surface area contributed by atoms with Crippen LogP contribution in [0.25, 0.3) is 0 Å². The van der Waals surface area contributed by atoms with Gasteiger partial charge in [-0.05, 0) is 26.0 Å². The molecule has 15 nitrogen and oxygen atoms in total. The Hall–Kier alpha value is -2.24. The molecule has 2 aromatic heterocycles. The minimum absolute atomic E-state index is 0. The van der Waals surface area contributed by atoms with E-state index in [1.165, 1.54) is 47.3 Å². The van der Waals surface area contributed by atoms with Crippen LogP contribution in [0.3, 0.4) is 0 Å². The fourth-order valence-electron chi connectivity index (χ4n) is 3.32. The molecule has 42 heavy (non-hydrogen) atoms. The van der Waals surface area contributed by atoms with Crippen molar-refractivity contribution in [2.24, 2.45) is 0 Å². The Morgan fingerprint density at radius 1 is 1.12 bits per heavy atom. The van der Waals surface area contributed by atoms with E-state index >= 15 is 4.39 Å². The molecule has 1 aliphatic rings. The normalized spacial score (nSPS) is 15.6. The van der Waals surface area contributed by atoms with E-state index in [1.54, 1.807) is 0 Å². The van der Waals surface area contributed by atoms with Crippen LogP contribution >= 0.6 is 7.82 Å². The number of nitrogens with zero attached hydrogens (tertiary/aromatic N) is 4. The Balaban J connectivity index is 0.00000384. The number of phosphoric ester groups is 1. The first-order valence-electron chi connectivity index (χ1n) is 13.5. The van der Waals surface area contributed by atoms with Crippen LogP contribution in [0.15, 0.2) is 30.4 Å². The van der Waals surface area contributed by atoms with Gasteiger partial charge in [0.15, 0.2) is 40.3 Å². The number of amides is 1. The van der Waals surface area contributed by atoms with Crippen molar-refractivity contribution in [3.63, 3.8) is 0 Å². The smallest absolute Gasteiger partial charge is 0.790 e. The van der Waals surface area contributed by atoms with E-state index in [9.17, 15) is 19.1 Å². The maximum Gasteiger partial charge on any atom is 1.00 e. The molecular formula is C23H24FN6Na2O9P. The van der Waals surface area contributed by atoms with E-state index in [1.807, 2.05) is 0 Å². The molecule has 0 fully saturated rings. The van der Waals surface area contributed by atoms with Gasteiger partial charge in [-0.25, -0.2) is 14.4 Å². The van der Waals surface area contributed by atoms with Gasteiger partial charge in [-0.3, -0.25) is 9.69 Å². The summed E-state index contributed by atoms with van der Waals surface area (Å²) in [4.78, 5) is 47.4. The molecule has 0 aliphatic carbocycles. The van der Waals surface area contributed by atoms with Gasteiger partial charge in [-0.2, -0.15) is 4.98 Å². The summed E-state index contributed by atoms with van der Waals surface area (Å²) in [5, 5.41) is 5.01. The molecule has 0 radical (unpaired) electrons. The second-order valence-corrected chi connectivity index (χ2v) is 9.27. The molecule has 1 aliphatic heterocycles. The Labute approximate surface area is 291 Å². The Morgan fingerprint density at radius 3 is 2.33 bits per heavy atom. The number of pyridine rings is 1. The third kappa shape index (κ3) is 8.23. The van der Waals surface area contributed by atoms with Gasteiger partial charge in [0.1, 0.15) is 12.5 Å². The largest absolute Gasteiger partial charge is 1.00 e. The van der Waals surface area contributed by atoms with Crippen LogP contribution in [0.5, 0.6) is 23.0 Å². The first-order chi connectivity index (χ1) is 20.8. The zero-order chi connectivity index (χ0) is 33.6. The zero-order valence-corrected chi connectivity index (χ0v) is 28.3. The van der Waals surface area contributed by atoms with Crippen molar-refractivity contribution in [2.75, 3.05) is 43.5 Å². The van der Waals surface area contributed by atoms with Crippen LogP contribution in [0.2, 0.25) is 0 Å². The number of carbonyl (C=O) groups is 1. The van der Waals surface area contributed by atoms with Gasteiger partial charge in [0.2, 0.25) is 11.7 Å². The number of halogens is 1. The van der Waals surface area contributed by atoms with Crippen molar-refractivity contribution in [3.8, 4) is 23.0 Å².